The van der Waals surface area contributed by atoms with Crippen molar-refractivity contribution in [1.29, 1.82) is 0 Å². The number of hydrogen-bond acceptors (Lipinski definition) is 2. The number of aryl methyl sites for hydroxylation is 4. The highest BCUT2D eigenvalue weighted by atomic mass is 16.3. The normalized spacial score (nSPS) is 15.3. The molecule has 0 saturated heterocycles. The molecule has 1 aliphatic rings. The maximum atomic E-state index is 11.2. The third kappa shape index (κ3) is 6.67. The van der Waals surface area contributed by atoms with E-state index in [1.807, 2.05) is 0 Å². The van der Waals surface area contributed by atoms with E-state index in [0.29, 0.717) is 11.5 Å². The second kappa shape index (κ2) is 14.1. The zero-order chi connectivity index (χ0) is 26.0. The van der Waals surface area contributed by atoms with Crippen molar-refractivity contribution < 1.29 is 10.2 Å². The van der Waals surface area contributed by atoms with Gasteiger partial charge in [-0.05, 0) is 97.6 Å². The van der Waals surface area contributed by atoms with E-state index in [2.05, 4.69) is 52.0 Å². The SMILES string of the molecule is CCCCc1cc(C2(c3cc(CCCC)c(O)c(CCCC)c3)CCCCC2)cc(CCCC)c1O. The fourth-order valence-corrected chi connectivity index (χ4v) is 6.20. The molecule has 0 bridgehead atoms. The minimum atomic E-state index is -0.0243. The number of hydrogen-bond donors (Lipinski definition) is 2. The standard InChI is InChI=1S/C34H52O2/c1-5-9-16-26-22-30(23-27(32(26)35)17-10-6-2)34(20-14-13-15-21-34)31-24-28(18-11-7-3)33(36)29(25-31)19-12-8-4/h22-25,35-36H,5-21H2,1-4H3. The summed E-state index contributed by atoms with van der Waals surface area (Å²) in [5.74, 6) is 1.09. The van der Waals surface area contributed by atoms with Gasteiger partial charge < -0.3 is 10.2 Å². The lowest BCUT2D eigenvalue weighted by Crippen LogP contribution is -2.31. The zero-order valence-corrected chi connectivity index (χ0v) is 23.7. The Hall–Kier alpha value is -1.96. The van der Waals surface area contributed by atoms with Gasteiger partial charge in [0.1, 0.15) is 11.5 Å². The summed E-state index contributed by atoms with van der Waals surface area (Å²) in [5.41, 5.74) is 7.35. The average molecular weight is 493 g/mol. The van der Waals surface area contributed by atoms with Crippen LogP contribution in [0.15, 0.2) is 24.3 Å². The molecule has 2 N–H and O–H groups in total. The average Bonchev–Trinajstić information content (AvgIpc) is 2.90. The number of aromatic hydroxyl groups is 2. The molecule has 1 fully saturated rings. The van der Waals surface area contributed by atoms with E-state index in [4.69, 9.17) is 0 Å². The summed E-state index contributed by atoms with van der Waals surface area (Å²) >= 11 is 0. The van der Waals surface area contributed by atoms with Crippen molar-refractivity contribution in [2.75, 3.05) is 0 Å². The number of phenolic OH excluding ortho intramolecular Hbond substituents is 2. The van der Waals surface area contributed by atoms with Crippen LogP contribution in [-0.4, -0.2) is 10.2 Å². The van der Waals surface area contributed by atoms with Crippen LogP contribution >= 0.6 is 0 Å². The van der Waals surface area contributed by atoms with Gasteiger partial charge in [-0.25, -0.2) is 0 Å². The van der Waals surface area contributed by atoms with E-state index in [-0.39, 0.29) is 5.41 Å². The van der Waals surface area contributed by atoms with E-state index in [0.717, 1.165) is 112 Å². The van der Waals surface area contributed by atoms with E-state index < -0.39 is 0 Å². The molecule has 2 heteroatoms. The van der Waals surface area contributed by atoms with E-state index in [9.17, 15) is 10.2 Å². The molecule has 0 amide bonds. The maximum Gasteiger partial charge on any atom is 0.121 e. The van der Waals surface area contributed by atoms with Crippen LogP contribution in [0, 0.1) is 0 Å². The molecule has 2 aromatic carbocycles. The van der Waals surface area contributed by atoms with Gasteiger partial charge in [0.2, 0.25) is 0 Å². The van der Waals surface area contributed by atoms with Gasteiger partial charge in [0.05, 0.1) is 0 Å². The summed E-state index contributed by atoms with van der Waals surface area (Å²) in [6, 6.07) is 9.43. The van der Waals surface area contributed by atoms with Gasteiger partial charge in [0, 0.05) is 5.41 Å². The van der Waals surface area contributed by atoms with Gasteiger partial charge in [-0.1, -0.05) is 96.9 Å². The summed E-state index contributed by atoms with van der Waals surface area (Å²) in [6.45, 7) is 8.92. The summed E-state index contributed by atoms with van der Waals surface area (Å²) in [7, 11) is 0. The molecular formula is C34H52O2. The predicted molar refractivity (Wildman–Crippen MR) is 155 cm³/mol. The second-order valence-corrected chi connectivity index (χ2v) is 11.3. The molecule has 1 saturated carbocycles. The van der Waals surface area contributed by atoms with Crippen molar-refractivity contribution in [2.24, 2.45) is 0 Å². The van der Waals surface area contributed by atoms with Crippen LogP contribution in [0.4, 0.5) is 0 Å². The van der Waals surface area contributed by atoms with E-state index in [1.165, 1.54) is 30.4 Å². The van der Waals surface area contributed by atoms with E-state index >= 15 is 0 Å². The third-order valence-electron chi connectivity index (χ3n) is 8.55. The summed E-state index contributed by atoms with van der Waals surface area (Å²) in [5, 5.41) is 22.4. The van der Waals surface area contributed by atoms with Crippen molar-refractivity contribution in [3.63, 3.8) is 0 Å². The molecule has 0 spiro atoms. The lowest BCUT2D eigenvalue weighted by Gasteiger charge is -2.40. The Labute approximate surface area is 221 Å². The van der Waals surface area contributed by atoms with Crippen LogP contribution < -0.4 is 0 Å². The Morgan fingerprint density at radius 1 is 0.528 bits per heavy atom. The molecule has 0 aliphatic heterocycles. The van der Waals surface area contributed by atoms with Gasteiger partial charge in [-0.2, -0.15) is 0 Å². The van der Waals surface area contributed by atoms with Crippen LogP contribution in [0.25, 0.3) is 0 Å². The topological polar surface area (TPSA) is 40.5 Å². The highest BCUT2D eigenvalue weighted by molar-refractivity contribution is 5.53. The maximum absolute atomic E-state index is 11.2. The predicted octanol–water partition coefficient (Wildman–Crippen LogP) is 9.72. The molecule has 200 valence electrons. The highest BCUT2D eigenvalue weighted by Gasteiger charge is 2.37. The number of unbranched alkanes of at least 4 members (excludes halogenated alkanes) is 4. The summed E-state index contributed by atoms with van der Waals surface area (Å²) in [6.07, 6.45) is 18.9. The number of rotatable bonds is 14. The Balaban J connectivity index is 2.20. The molecule has 36 heavy (non-hydrogen) atoms. The molecule has 2 nitrogen and oxygen atoms in total. The van der Waals surface area contributed by atoms with Gasteiger partial charge in [-0.15, -0.1) is 0 Å². The molecule has 2 aromatic rings. The summed E-state index contributed by atoms with van der Waals surface area (Å²) in [4.78, 5) is 0. The Morgan fingerprint density at radius 3 is 1.11 bits per heavy atom. The largest absolute Gasteiger partial charge is 0.507 e. The molecule has 3 rings (SSSR count). The molecular weight excluding hydrogens is 440 g/mol. The number of benzene rings is 2. The van der Waals surface area contributed by atoms with Crippen molar-refractivity contribution in [3.8, 4) is 11.5 Å². The lowest BCUT2D eigenvalue weighted by atomic mass is 9.64. The van der Waals surface area contributed by atoms with Crippen LogP contribution in [0.3, 0.4) is 0 Å². The molecule has 0 atom stereocenters. The Kier molecular flexibility index (Phi) is 11.2. The van der Waals surface area contributed by atoms with Crippen LogP contribution in [0.1, 0.15) is 145 Å². The third-order valence-corrected chi connectivity index (χ3v) is 8.55. The van der Waals surface area contributed by atoms with Crippen molar-refractivity contribution >= 4 is 0 Å². The van der Waals surface area contributed by atoms with Crippen molar-refractivity contribution in [2.45, 2.75) is 142 Å². The van der Waals surface area contributed by atoms with Gasteiger partial charge in [-0.3, -0.25) is 0 Å². The number of phenols is 2. The fraction of sp³-hybridized carbons (Fsp3) is 0.647. The first-order valence-corrected chi connectivity index (χ1v) is 15.2. The lowest BCUT2D eigenvalue weighted by molar-refractivity contribution is 0.343. The monoisotopic (exact) mass is 492 g/mol. The summed E-state index contributed by atoms with van der Waals surface area (Å²) < 4.78 is 0. The Morgan fingerprint density at radius 2 is 0.833 bits per heavy atom. The highest BCUT2D eigenvalue weighted by Crippen LogP contribution is 2.48. The van der Waals surface area contributed by atoms with Crippen LogP contribution in [-0.2, 0) is 31.1 Å². The first-order valence-electron chi connectivity index (χ1n) is 15.2. The zero-order valence-electron chi connectivity index (χ0n) is 23.7. The molecule has 0 heterocycles. The van der Waals surface area contributed by atoms with Gasteiger partial charge >= 0.3 is 0 Å². The minimum Gasteiger partial charge on any atom is -0.507 e. The molecule has 1 aliphatic carbocycles. The smallest absolute Gasteiger partial charge is 0.121 e. The van der Waals surface area contributed by atoms with E-state index in [1.54, 1.807) is 0 Å². The first kappa shape index (κ1) is 28.6. The Bertz CT molecular complexity index is 822. The second-order valence-electron chi connectivity index (χ2n) is 11.3. The molecule has 0 aromatic heterocycles. The molecule has 0 unspecified atom stereocenters. The van der Waals surface area contributed by atoms with Crippen LogP contribution in [0.2, 0.25) is 0 Å². The van der Waals surface area contributed by atoms with Crippen molar-refractivity contribution in [3.05, 3.63) is 57.6 Å². The van der Waals surface area contributed by atoms with Crippen LogP contribution in [0.5, 0.6) is 11.5 Å². The first-order chi connectivity index (χ1) is 17.5. The fourth-order valence-electron chi connectivity index (χ4n) is 6.20. The van der Waals surface area contributed by atoms with Gasteiger partial charge in [0.15, 0.2) is 0 Å². The quantitative estimate of drug-likeness (QED) is 0.275. The van der Waals surface area contributed by atoms with Crippen molar-refractivity contribution in [1.82, 2.24) is 0 Å². The minimum absolute atomic E-state index is 0.0243. The van der Waals surface area contributed by atoms with Gasteiger partial charge in [0.25, 0.3) is 0 Å². The molecule has 0 radical (unpaired) electrons.